The molecule has 6 rings (SSSR count). The third kappa shape index (κ3) is 3.18. The Morgan fingerprint density at radius 2 is 1.41 bits per heavy atom. The van der Waals surface area contributed by atoms with Gasteiger partial charge in [-0.1, -0.05) is 51.2 Å². The molecule has 0 heterocycles. The molecule has 0 saturated heterocycles. The van der Waals surface area contributed by atoms with E-state index in [2.05, 4.69) is 19.9 Å². The first-order chi connectivity index (χ1) is 16.3. The zero-order valence-corrected chi connectivity index (χ0v) is 22.4. The van der Waals surface area contributed by atoms with Crippen molar-refractivity contribution in [2.24, 2.45) is 40.4 Å². The fraction of sp³-hybridized carbons (Fsp3) is 0.935. The summed E-state index contributed by atoms with van der Waals surface area (Å²) in [7, 11) is 3.93. The summed E-state index contributed by atoms with van der Waals surface area (Å²) in [4.78, 5) is 0. The minimum Gasteiger partial charge on any atom is -0.389 e. The molecule has 3 unspecified atom stereocenters. The Morgan fingerprint density at radius 3 is 2.06 bits per heavy atom. The maximum atomic E-state index is 11.7. The first kappa shape index (κ1) is 24.0. The summed E-state index contributed by atoms with van der Waals surface area (Å²) in [5.41, 5.74) is 2.39. The van der Waals surface area contributed by atoms with Crippen molar-refractivity contribution < 1.29 is 14.6 Å². The van der Waals surface area contributed by atoms with E-state index in [1.807, 2.05) is 14.2 Å². The molecule has 0 bridgehead atoms. The smallest absolute Gasteiger partial charge is 0.0757 e. The van der Waals surface area contributed by atoms with Gasteiger partial charge in [-0.3, -0.25) is 0 Å². The second-order valence-electron chi connectivity index (χ2n) is 14.0. The molecule has 8 atom stereocenters. The summed E-state index contributed by atoms with van der Waals surface area (Å²) in [6, 6.07) is 0. The molecule has 5 saturated carbocycles. The molecule has 192 valence electrons. The van der Waals surface area contributed by atoms with Gasteiger partial charge in [-0.05, 0) is 111 Å². The third-order valence-corrected chi connectivity index (χ3v) is 13.2. The zero-order valence-electron chi connectivity index (χ0n) is 22.4. The number of aliphatic hydroxyl groups is 1. The van der Waals surface area contributed by atoms with Gasteiger partial charge in [-0.25, -0.2) is 0 Å². The molecule has 3 heteroatoms. The maximum Gasteiger partial charge on any atom is 0.0757 e. The molecular formula is C31H50O3. The highest BCUT2D eigenvalue weighted by atomic mass is 16.5. The van der Waals surface area contributed by atoms with Crippen LogP contribution in [-0.2, 0) is 9.47 Å². The van der Waals surface area contributed by atoms with Gasteiger partial charge in [0.25, 0.3) is 0 Å². The largest absolute Gasteiger partial charge is 0.389 e. The van der Waals surface area contributed by atoms with Crippen LogP contribution < -0.4 is 0 Å². The second-order valence-corrected chi connectivity index (χ2v) is 14.0. The van der Waals surface area contributed by atoms with Gasteiger partial charge in [0.05, 0.1) is 17.3 Å². The number of hydrogen-bond acceptors (Lipinski definition) is 3. The van der Waals surface area contributed by atoms with Crippen LogP contribution in [0.15, 0.2) is 11.6 Å². The molecule has 3 nitrogen and oxygen atoms in total. The summed E-state index contributed by atoms with van der Waals surface area (Å²) in [6.45, 7) is 5.17. The minimum atomic E-state index is -0.264. The molecule has 0 spiro atoms. The van der Waals surface area contributed by atoms with E-state index in [1.165, 1.54) is 89.9 Å². The topological polar surface area (TPSA) is 38.7 Å². The van der Waals surface area contributed by atoms with Crippen molar-refractivity contribution in [3.63, 3.8) is 0 Å². The average Bonchev–Trinajstić information content (AvgIpc) is 3.58. The lowest BCUT2D eigenvalue weighted by atomic mass is 9.45. The van der Waals surface area contributed by atoms with Gasteiger partial charge in [-0.2, -0.15) is 0 Å². The quantitative estimate of drug-likeness (QED) is 0.447. The third-order valence-electron chi connectivity index (χ3n) is 13.2. The van der Waals surface area contributed by atoms with Gasteiger partial charge in [0.1, 0.15) is 0 Å². The van der Waals surface area contributed by atoms with Crippen molar-refractivity contribution in [1.82, 2.24) is 0 Å². The second kappa shape index (κ2) is 8.32. The Labute approximate surface area is 208 Å². The zero-order chi connectivity index (χ0) is 23.8. The number of fused-ring (bicyclic) bond motifs is 5. The van der Waals surface area contributed by atoms with Crippen molar-refractivity contribution in [1.29, 1.82) is 0 Å². The Morgan fingerprint density at radius 1 is 0.765 bits per heavy atom. The number of hydrogen-bond donors (Lipinski definition) is 1. The predicted octanol–water partition coefficient (Wildman–Crippen LogP) is 7.07. The van der Waals surface area contributed by atoms with Crippen LogP contribution in [-0.4, -0.2) is 36.6 Å². The molecule has 6 aliphatic rings. The number of allylic oxidation sites excluding steroid dienone is 1. The van der Waals surface area contributed by atoms with Crippen LogP contribution in [0, 0.1) is 40.4 Å². The lowest BCUT2D eigenvalue weighted by molar-refractivity contribution is -0.140. The number of aliphatic hydroxyl groups excluding tert-OH is 1. The lowest BCUT2D eigenvalue weighted by Gasteiger charge is -2.61. The normalized spacial score (nSPS) is 49.3. The monoisotopic (exact) mass is 470 g/mol. The highest BCUT2D eigenvalue weighted by Gasteiger charge is 2.64. The molecule has 6 aliphatic carbocycles. The first-order valence-corrected chi connectivity index (χ1v) is 14.8. The Kier molecular flexibility index (Phi) is 5.87. The summed E-state index contributed by atoms with van der Waals surface area (Å²) in [6.07, 6.45) is 21.3. The summed E-state index contributed by atoms with van der Waals surface area (Å²) >= 11 is 0. The van der Waals surface area contributed by atoms with Crippen LogP contribution in [0.2, 0.25) is 0 Å². The summed E-state index contributed by atoms with van der Waals surface area (Å²) < 4.78 is 12.6. The van der Waals surface area contributed by atoms with E-state index in [9.17, 15) is 5.11 Å². The maximum absolute atomic E-state index is 11.7. The van der Waals surface area contributed by atoms with E-state index < -0.39 is 0 Å². The molecule has 34 heavy (non-hydrogen) atoms. The number of rotatable bonds is 4. The van der Waals surface area contributed by atoms with Crippen LogP contribution in [0.4, 0.5) is 0 Å². The lowest BCUT2D eigenvalue weighted by Crippen LogP contribution is -2.57. The molecule has 0 aromatic carbocycles. The molecule has 0 radical (unpaired) electrons. The highest BCUT2D eigenvalue weighted by molar-refractivity contribution is 5.29. The van der Waals surface area contributed by atoms with Crippen LogP contribution in [0.3, 0.4) is 0 Å². The van der Waals surface area contributed by atoms with E-state index in [0.29, 0.717) is 35.0 Å². The minimum absolute atomic E-state index is 0.101. The van der Waals surface area contributed by atoms with Crippen LogP contribution in [0.5, 0.6) is 0 Å². The van der Waals surface area contributed by atoms with Crippen LogP contribution >= 0.6 is 0 Å². The summed E-state index contributed by atoms with van der Waals surface area (Å²) in [5, 5.41) is 11.7. The van der Waals surface area contributed by atoms with E-state index in [-0.39, 0.29) is 22.7 Å². The van der Waals surface area contributed by atoms with Crippen molar-refractivity contribution >= 4 is 0 Å². The molecule has 0 aliphatic heterocycles. The van der Waals surface area contributed by atoms with Crippen molar-refractivity contribution in [3.05, 3.63) is 11.6 Å². The Bertz CT molecular complexity index is 805. The van der Waals surface area contributed by atoms with E-state index in [4.69, 9.17) is 9.47 Å². The van der Waals surface area contributed by atoms with E-state index in [1.54, 1.807) is 5.57 Å². The molecule has 1 N–H and O–H groups in total. The van der Waals surface area contributed by atoms with Crippen molar-refractivity contribution in [2.45, 2.75) is 127 Å². The number of ether oxygens (including phenoxy) is 2. The number of methoxy groups -OCH3 is 2. The van der Waals surface area contributed by atoms with Gasteiger partial charge >= 0.3 is 0 Å². The van der Waals surface area contributed by atoms with E-state index in [0.717, 1.165) is 6.42 Å². The molecule has 0 aromatic rings. The molecular weight excluding hydrogens is 420 g/mol. The Hall–Kier alpha value is -0.380. The van der Waals surface area contributed by atoms with Gasteiger partial charge in [-0.15, -0.1) is 0 Å². The van der Waals surface area contributed by atoms with Crippen LogP contribution in [0.25, 0.3) is 0 Å². The molecule has 5 fully saturated rings. The summed E-state index contributed by atoms with van der Waals surface area (Å²) in [5.74, 6) is 3.03. The van der Waals surface area contributed by atoms with Gasteiger partial charge in [0, 0.05) is 14.2 Å². The SMILES string of the molecule is COC1([C@H]2CC[C@@]3(C)C(=C[C@@H](O)C4C3CC[C@@]3(C)C4CC[C@@H]3C3(OC)CCCC3)C2)CCCC1. The van der Waals surface area contributed by atoms with Gasteiger partial charge < -0.3 is 14.6 Å². The van der Waals surface area contributed by atoms with Crippen molar-refractivity contribution in [3.8, 4) is 0 Å². The van der Waals surface area contributed by atoms with Gasteiger partial charge in [0.2, 0.25) is 0 Å². The standard InChI is InChI=1S/C31H50O3/c1-28-17-11-21(30(33-3)13-5-6-14-30)19-22(28)20-25(32)27-23-9-10-26(29(23,2)18-12-24(27)28)31(34-4)15-7-8-16-31/h20-21,23-27,32H,5-19H2,1-4H3/t21-,23?,24?,25+,26-,27?,28-,29-/m0/s1. The van der Waals surface area contributed by atoms with Gasteiger partial charge in [0.15, 0.2) is 0 Å². The van der Waals surface area contributed by atoms with E-state index >= 15 is 0 Å². The molecule has 0 amide bonds. The van der Waals surface area contributed by atoms with Crippen LogP contribution in [0.1, 0.15) is 110 Å². The fourth-order valence-electron chi connectivity index (χ4n) is 11.4. The average molecular weight is 471 g/mol. The van der Waals surface area contributed by atoms with Crippen molar-refractivity contribution in [2.75, 3.05) is 14.2 Å². The highest BCUT2D eigenvalue weighted by Crippen LogP contribution is 2.69. The predicted molar refractivity (Wildman–Crippen MR) is 136 cm³/mol. The Balaban J connectivity index is 1.29. The first-order valence-electron chi connectivity index (χ1n) is 14.8. The molecule has 0 aromatic heterocycles. The fourth-order valence-corrected chi connectivity index (χ4v) is 11.4.